The molecule has 0 heterocycles. The molecule has 0 fully saturated rings. The van der Waals surface area contributed by atoms with Crippen LogP contribution in [0.25, 0.3) is 0 Å². The van der Waals surface area contributed by atoms with E-state index in [1.54, 1.807) is 19.2 Å². The van der Waals surface area contributed by atoms with Crippen molar-refractivity contribution in [2.24, 2.45) is 0 Å². The second kappa shape index (κ2) is 8.09. The Morgan fingerprint density at radius 3 is 1.76 bits per heavy atom. The van der Waals surface area contributed by atoms with Crippen LogP contribution in [0.1, 0.15) is 0 Å². The van der Waals surface area contributed by atoms with E-state index in [1.807, 2.05) is 36.4 Å². The average molecular weight is 400 g/mol. The third kappa shape index (κ3) is 5.43. The number of benzene rings is 2. The summed E-state index contributed by atoms with van der Waals surface area (Å²) < 4.78 is 17.2. The van der Waals surface area contributed by atoms with Gasteiger partial charge in [0.05, 0.1) is 7.11 Å². The topological polar surface area (TPSA) is 47.9 Å². The lowest BCUT2D eigenvalue weighted by Crippen LogP contribution is -2.25. The molecular weight excluding hydrogens is 383 g/mol. The highest BCUT2D eigenvalue weighted by atomic mass is 127. The summed E-state index contributed by atoms with van der Waals surface area (Å²) in [5, 5.41) is 9.85. The van der Waals surface area contributed by atoms with Gasteiger partial charge in [-0.25, -0.2) is 0 Å². The first-order chi connectivity index (χ1) is 10.2. The monoisotopic (exact) mass is 400 g/mol. The van der Waals surface area contributed by atoms with Gasteiger partial charge in [-0.05, 0) is 71.1 Å². The number of hydrogen-bond donors (Lipinski definition) is 1. The number of aliphatic hydroxyl groups excluding tert-OH is 1. The van der Waals surface area contributed by atoms with Crippen LogP contribution in [0, 0.1) is 3.57 Å². The molecule has 2 aromatic carbocycles. The van der Waals surface area contributed by atoms with Crippen LogP contribution < -0.4 is 14.2 Å². The number of hydrogen-bond acceptors (Lipinski definition) is 4. The van der Waals surface area contributed by atoms with E-state index in [0.29, 0.717) is 5.75 Å². The Morgan fingerprint density at radius 1 is 0.857 bits per heavy atom. The number of halogens is 1. The molecule has 0 radical (unpaired) electrons. The fourth-order valence-corrected chi connectivity index (χ4v) is 2.00. The van der Waals surface area contributed by atoms with Crippen LogP contribution in [0.2, 0.25) is 0 Å². The second-order valence-corrected chi connectivity index (χ2v) is 5.65. The molecule has 0 saturated carbocycles. The molecule has 0 bridgehead atoms. The SMILES string of the molecule is COc1ccc(OC[C@@H](O)COc2ccc(I)cc2)cc1. The van der Waals surface area contributed by atoms with E-state index >= 15 is 0 Å². The highest BCUT2D eigenvalue weighted by Gasteiger charge is 2.07. The molecule has 0 aromatic heterocycles. The standard InChI is InChI=1S/C16H17IO4/c1-19-14-6-8-16(9-7-14)21-11-13(18)10-20-15-4-2-12(17)3-5-15/h2-9,13,18H,10-11H2,1H3/t13-/m0/s1. The van der Waals surface area contributed by atoms with Gasteiger partial charge in [0.25, 0.3) is 0 Å². The summed E-state index contributed by atoms with van der Waals surface area (Å²) in [4.78, 5) is 0. The van der Waals surface area contributed by atoms with E-state index in [4.69, 9.17) is 14.2 Å². The third-order valence-corrected chi connectivity index (χ3v) is 3.48. The molecule has 0 unspecified atom stereocenters. The minimum absolute atomic E-state index is 0.177. The van der Waals surface area contributed by atoms with Gasteiger partial charge in [-0.3, -0.25) is 0 Å². The first-order valence-electron chi connectivity index (χ1n) is 6.50. The van der Waals surface area contributed by atoms with Crippen molar-refractivity contribution in [3.63, 3.8) is 0 Å². The molecule has 21 heavy (non-hydrogen) atoms. The van der Waals surface area contributed by atoms with Crippen LogP contribution in [-0.2, 0) is 0 Å². The van der Waals surface area contributed by atoms with Crippen molar-refractivity contribution in [2.45, 2.75) is 6.10 Å². The van der Waals surface area contributed by atoms with E-state index < -0.39 is 6.10 Å². The van der Waals surface area contributed by atoms with E-state index in [9.17, 15) is 5.11 Å². The zero-order valence-corrected chi connectivity index (χ0v) is 13.8. The van der Waals surface area contributed by atoms with Crippen LogP contribution in [0.5, 0.6) is 17.2 Å². The Morgan fingerprint density at radius 2 is 1.29 bits per heavy atom. The predicted octanol–water partition coefficient (Wildman–Crippen LogP) is 3.12. The van der Waals surface area contributed by atoms with Crippen LogP contribution in [0.3, 0.4) is 0 Å². The number of methoxy groups -OCH3 is 1. The lowest BCUT2D eigenvalue weighted by molar-refractivity contribution is 0.0626. The zero-order chi connectivity index (χ0) is 15.1. The smallest absolute Gasteiger partial charge is 0.122 e. The molecule has 0 aliphatic heterocycles. The van der Waals surface area contributed by atoms with Gasteiger partial charge in [-0.2, -0.15) is 0 Å². The molecule has 0 aliphatic carbocycles. The van der Waals surface area contributed by atoms with Crippen molar-refractivity contribution in [1.29, 1.82) is 0 Å². The summed E-state index contributed by atoms with van der Waals surface area (Å²) in [5.41, 5.74) is 0. The summed E-state index contributed by atoms with van der Waals surface area (Å²) in [7, 11) is 1.61. The maximum Gasteiger partial charge on any atom is 0.122 e. The molecule has 0 saturated heterocycles. The zero-order valence-electron chi connectivity index (χ0n) is 11.7. The summed E-state index contributed by atoms with van der Waals surface area (Å²) in [6.45, 7) is 0.368. The Hall–Kier alpha value is -1.47. The number of rotatable bonds is 7. The largest absolute Gasteiger partial charge is 0.497 e. The molecule has 4 nitrogen and oxygen atoms in total. The maximum absolute atomic E-state index is 9.85. The molecular formula is C16H17IO4. The number of aliphatic hydroxyl groups is 1. The highest BCUT2D eigenvalue weighted by molar-refractivity contribution is 14.1. The van der Waals surface area contributed by atoms with Crippen molar-refractivity contribution >= 4 is 22.6 Å². The molecule has 112 valence electrons. The van der Waals surface area contributed by atoms with Gasteiger partial charge in [-0.15, -0.1) is 0 Å². The predicted molar refractivity (Wildman–Crippen MR) is 89.1 cm³/mol. The molecule has 2 aromatic rings. The van der Waals surface area contributed by atoms with E-state index in [-0.39, 0.29) is 13.2 Å². The van der Waals surface area contributed by atoms with Gasteiger partial charge in [0.15, 0.2) is 0 Å². The van der Waals surface area contributed by atoms with Gasteiger partial charge >= 0.3 is 0 Å². The van der Waals surface area contributed by atoms with Gasteiger partial charge in [-0.1, -0.05) is 0 Å². The Labute approximate surface area is 137 Å². The molecule has 1 N–H and O–H groups in total. The Kier molecular flexibility index (Phi) is 6.13. The Balaban J connectivity index is 1.73. The van der Waals surface area contributed by atoms with E-state index in [2.05, 4.69) is 22.6 Å². The number of ether oxygens (including phenoxy) is 3. The van der Waals surface area contributed by atoms with E-state index in [0.717, 1.165) is 15.1 Å². The molecule has 0 spiro atoms. The van der Waals surface area contributed by atoms with Crippen molar-refractivity contribution in [3.8, 4) is 17.2 Å². The van der Waals surface area contributed by atoms with Crippen molar-refractivity contribution in [2.75, 3.05) is 20.3 Å². The Bertz CT molecular complexity index is 539. The first-order valence-corrected chi connectivity index (χ1v) is 7.58. The minimum Gasteiger partial charge on any atom is -0.497 e. The fraction of sp³-hybridized carbons (Fsp3) is 0.250. The fourth-order valence-electron chi connectivity index (χ4n) is 1.64. The summed E-state index contributed by atoms with van der Waals surface area (Å²) in [6.07, 6.45) is -0.689. The van der Waals surface area contributed by atoms with Gasteiger partial charge in [0.1, 0.15) is 36.6 Å². The molecule has 2 rings (SSSR count). The van der Waals surface area contributed by atoms with Gasteiger partial charge < -0.3 is 19.3 Å². The maximum atomic E-state index is 9.85. The lowest BCUT2D eigenvalue weighted by atomic mass is 10.3. The normalized spacial score (nSPS) is 11.8. The third-order valence-electron chi connectivity index (χ3n) is 2.76. The first kappa shape index (κ1) is 15.9. The average Bonchev–Trinajstić information content (AvgIpc) is 2.53. The molecule has 1 atom stereocenters. The molecule has 0 amide bonds. The van der Waals surface area contributed by atoms with Gasteiger partial charge in [0.2, 0.25) is 0 Å². The van der Waals surface area contributed by atoms with E-state index in [1.165, 1.54) is 0 Å². The van der Waals surface area contributed by atoms with Crippen LogP contribution >= 0.6 is 22.6 Å². The van der Waals surface area contributed by atoms with Crippen LogP contribution in [0.4, 0.5) is 0 Å². The van der Waals surface area contributed by atoms with Crippen molar-refractivity contribution in [3.05, 3.63) is 52.1 Å². The highest BCUT2D eigenvalue weighted by Crippen LogP contribution is 2.17. The van der Waals surface area contributed by atoms with Crippen LogP contribution in [0.15, 0.2) is 48.5 Å². The van der Waals surface area contributed by atoms with Crippen molar-refractivity contribution in [1.82, 2.24) is 0 Å². The second-order valence-electron chi connectivity index (χ2n) is 4.41. The van der Waals surface area contributed by atoms with Gasteiger partial charge in [0, 0.05) is 3.57 Å². The van der Waals surface area contributed by atoms with Crippen molar-refractivity contribution < 1.29 is 19.3 Å². The molecule has 0 aliphatic rings. The van der Waals surface area contributed by atoms with Crippen LogP contribution in [-0.4, -0.2) is 31.5 Å². The summed E-state index contributed by atoms with van der Waals surface area (Å²) >= 11 is 2.23. The minimum atomic E-state index is -0.689. The summed E-state index contributed by atoms with van der Waals surface area (Å²) in [6, 6.07) is 14.9. The lowest BCUT2D eigenvalue weighted by Gasteiger charge is -2.14. The summed E-state index contributed by atoms with van der Waals surface area (Å²) in [5.74, 6) is 2.19. The quantitative estimate of drug-likeness (QED) is 0.726. The molecule has 5 heteroatoms.